The first-order valence-corrected chi connectivity index (χ1v) is 18.6. The van der Waals surface area contributed by atoms with Crippen molar-refractivity contribution in [1.29, 1.82) is 0 Å². The number of hydrogen-bond acceptors (Lipinski definition) is 15. The van der Waals surface area contributed by atoms with Crippen molar-refractivity contribution in [2.24, 2.45) is 12.8 Å². The molecular formula is C39H39N13O7. The van der Waals surface area contributed by atoms with Crippen LogP contribution in [0.4, 0.5) is 28.7 Å². The number of nitrogens with zero attached hydrogens (tertiary/aromatic N) is 7. The average molecular weight is 802 g/mol. The van der Waals surface area contributed by atoms with Crippen LogP contribution < -0.4 is 37.1 Å². The summed E-state index contributed by atoms with van der Waals surface area (Å²) in [4.78, 5) is 85.0. The summed E-state index contributed by atoms with van der Waals surface area (Å²) in [6.45, 7) is 0.915. The van der Waals surface area contributed by atoms with Crippen LogP contribution in [0, 0.1) is 0 Å². The van der Waals surface area contributed by atoms with E-state index in [0.717, 1.165) is 11.3 Å². The van der Waals surface area contributed by atoms with E-state index < -0.39 is 35.6 Å². The van der Waals surface area contributed by atoms with Gasteiger partial charge in [0, 0.05) is 44.5 Å². The Bertz CT molecular complexity index is 2470. The summed E-state index contributed by atoms with van der Waals surface area (Å²) in [6, 6.07) is 14.0. The molecule has 3 aromatic heterocycles. The van der Waals surface area contributed by atoms with E-state index in [1.54, 1.807) is 72.7 Å². The highest BCUT2D eigenvalue weighted by Gasteiger charge is 2.45. The van der Waals surface area contributed by atoms with Crippen LogP contribution >= 0.6 is 0 Å². The molecule has 0 radical (unpaired) electrons. The molecule has 20 heteroatoms. The Morgan fingerprint density at radius 2 is 1.66 bits per heavy atom. The highest BCUT2D eigenvalue weighted by atomic mass is 16.5. The van der Waals surface area contributed by atoms with Crippen molar-refractivity contribution in [3.63, 3.8) is 0 Å². The summed E-state index contributed by atoms with van der Waals surface area (Å²) < 4.78 is 7.24. The first kappa shape index (κ1) is 39.5. The number of methoxy groups -OCH3 is 1. The van der Waals surface area contributed by atoms with Crippen molar-refractivity contribution in [3.05, 3.63) is 89.5 Å². The van der Waals surface area contributed by atoms with E-state index in [-0.39, 0.29) is 47.1 Å². The second kappa shape index (κ2) is 17.2. The van der Waals surface area contributed by atoms with Crippen LogP contribution in [0.3, 0.4) is 0 Å². The number of primary amides is 1. The first-order valence-electron chi connectivity index (χ1n) is 18.6. The van der Waals surface area contributed by atoms with Crippen molar-refractivity contribution < 1.29 is 33.5 Å². The second-order valence-corrected chi connectivity index (χ2v) is 13.6. The normalized spacial score (nSPS) is 14.7. The molecule has 302 valence electrons. The van der Waals surface area contributed by atoms with Gasteiger partial charge < -0.3 is 31.7 Å². The predicted octanol–water partition coefficient (Wildman–Crippen LogP) is 2.68. The number of ether oxygens (including phenoxy) is 1. The fourth-order valence-electron chi connectivity index (χ4n) is 6.72. The van der Waals surface area contributed by atoms with E-state index in [1.165, 1.54) is 13.3 Å². The summed E-state index contributed by atoms with van der Waals surface area (Å²) >= 11 is 0. The van der Waals surface area contributed by atoms with Crippen LogP contribution in [0.15, 0.2) is 67.1 Å². The molecule has 1 fully saturated rings. The monoisotopic (exact) mass is 801 g/mol. The lowest BCUT2D eigenvalue weighted by Gasteiger charge is -2.27. The van der Waals surface area contributed by atoms with Crippen LogP contribution in [-0.4, -0.2) is 96.5 Å². The number of nitrogens with one attached hydrogen (secondary N) is 5. The SMILES string of the molecule is COc1c(Nc2cc(Nc3ccc(C(=O)NCCCCCNc4cccc5c4C(=O)N(C4CCC(=O)NC4=O)C5=O)cn3)nnc2C(N)=O)cccc1-c1ncn(C)n1. The Morgan fingerprint density at radius 1 is 0.881 bits per heavy atom. The Hall–Kier alpha value is -7.77. The number of benzene rings is 2. The van der Waals surface area contributed by atoms with Crippen molar-refractivity contribution in [2.45, 2.75) is 38.1 Å². The lowest BCUT2D eigenvalue weighted by Crippen LogP contribution is -2.54. The number of amides is 6. The van der Waals surface area contributed by atoms with Gasteiger partial charge in [-0.1, -0.05) is 12.1 Å². The van der Waals surface area contributed by atoms with E-state index in [1.807, 2.05) is 0 Å². The fraction of sp³-hybridized carbons (Fsp3) is 0.256. The van der Waals surface area contributed by atoms with Crippen LogP contribution in [-0.2, 0) is 16.6 Å². The van der Waals surface area contributed by atoms with Gasteiger partial charge in [0.1, 0.15) is 18.2 Å². The van der Waals surface area contributed by atoms with Gasteiger partial charge in [-0.25, -0.2) is 9.97 Å². The molecule has 2 aliphatic heterocycles. The molecule has 2 aliphatic rings. The Morgan fingerprint density at radius 3 is 2.37 bits per heavy atom. The van der Waals surface area contributed by atoms with Crippen LogP contribution in [0.25, 0.3) is 11.4 Å². The summed E-state index contributed by atoms with van der Waals surface area (Å²) in [5.41, 5.74) is 8.11. The summed E-state index contributed by atoms with van der Waals surface area (Å²) in [5, 5.41) is 26.9. The van der Waals surface area contributed by atoms with Gasteiger partial charge in [-0.2, -0.15) is 5.10 Å². The van der Waals surface area contributed by atoms with Crippen molar-refractivity contribution >= 4 is 64.1 Å². The minimum absolute atomic E-state index is 0.0460. The molecule has 1 unspecified atom stereocenters. The zero-order chi connectivity index (χ0) is 41.6. The molecule has 59 heavy (non-hydrogen) atoms. The number of fused-ring (bicyclic) bond motifs is 1. The van der Waals surface area contributed by atoms with E-state index >= 15 is 0 Å². The summed E-state index contributed by atoms with van der Waals surface area (Å²) in [6.07, 6.45) is 5.26. The Balaban J connectivity index is 0.887. The second-order valence-electron chi connectivity index (χ2n) is 13.6. The topological polar surface area (TPSA) is 270 Å². The number of aromatic nitrogens is 6. The standard InChI is InChI=1S/C39H39N13O7/c1-51-20-44-35(50-51)23-9-7-11-25(33(23)59-2)45-26-18-29(48-49-32(26)34(40)54)46-28-14-12-21(19-43-28)36(55)42-17-5-3-4-16-41-24-10-6-8-22-31(24)39(58)52(38(22)57)27-13-15-30(53)47-37(27)56/h6-12,14,18-20,27,41H,3-5,13,15-17H2,1-2H3,(H2,40,54)(H,42,55)(H,47,53,56)(H2,43,45,46,48). The molecule has 5 aromatic rings. The molecule has 0 aliphatic carbocycles. The van der Waals surface area contributed by atoms with Gasteiger partial charge in [0.25, 0.3) is 23.6 Å². The zero-order valence-electron chi connectivity index (χ0n) is 31.9. The minimum Gasteiger partial charge on any atom is -0.494 e. The largest absolute Gasteiger partial charge is 0.494 e. The molecule has 0 saturated carbocycles. The quantitative estimate of drug-likeness (QED) is 0.0619. The molecule has 7 N–H and O–H groups in total. The number of aryl methyl sites for hydroxylation is 1. The Kier molecular flexibility index (Phi) is 11.5. The van der Waals surface area contributed by atoms with Gasteiger partial charge in [-0.15, -0.1) is 10.2 Å². The van der Waals surface area contributed by atoms with Gasteiger partial charge in [0.2, 0.25) is 11.8 Å². The first-order chi connectivity index (χ1) is 28.5. The van der Waals surface area contributed by atoms with E-state index in [4.69, 9.17) is 10.5 Å². The fourth-order valence-corrected chi connectivity index (χ4v) is 6.72. The van der Waals surface area contributed by atoms with Gasteiger partial charge in [0.05, 0.1) is 40.7 Å². The lowest BCUT2D eigenvalue weighted by molar-refractivity contribution is -0.136. The van der Waals surface area contributed by atoms with E-state index in [2.05, 4.69) is 51.8 Å². The zero-order valence-corrected chi connectivity index (χ0v) is 31.9. The maximum Gasteiger partial charge on any atom is 0.271 e. The third-order valence-corrected chi connectivity index (χ3v) is 9.56. The number of hydrogen-bond donors (Lipinski definition) is 6. The number of pyridine rings is 1. The number of carbonyl (C=O) groups is 6. The molecular weight excluding hydrogens is 763 g/mol. The third kappa shape index (κ3) is 8.50. The number of imide groups is 2. The van der Waals surface area contributed by atoms with E-state index in [9.17, 15) is 28.8 Å². The maximum atomic E-state index is 13.3. The number of piperidine rings is 1. The third-order valence-electron chi connectivity index (χ3n) is 9.56. The van der Waals surface area contributed by atoms with E-state index in [0.29, 0.717) is 65.8 Å². The summed E-state index contributed by atoms with van der Waals surface area (Å²) in [7, 11) is 3.26. The molecule has 20 nitrogen and oxygen atoms in total. The van der Waals surface area contributed by atoms with Crippen molar-refractivity contribution in [1.82, 2.24) is 45.5 Å². The van der Waals surface area contributed by atoms with Gasteiger partial charge in [-0.3, -0.25) is 43.7 Å². The molecule has 6 amide bonds. The highest BCUT2D eigenvalue weighted by Crippen LogP contribution is 2.37. The molecule has 5 heterocycles. The van der Waals surface area contributed by atoms with Crippen LogP contribution in [0.2, 0.25) is 0 Å². The van der Waals surface area contributed by atoms with Gasteiger partial charge >= 0.3 is 0 Å². The number of nitrogens with two attached hydrogens (primary N) is 1. The van der Waals surface area contributed by atoms with Crippen molar-refractivity contribution in [3.8, 4) is 17.1 Å². The number of rotatable bonds is 16. The smallest absolute Gasteiger partial charge is 0.271 e. The molecule has 1 saturated heterocycles. The van der Waals surface area contributed by atoms with Crippen LogP contribution in [0.5, 0.6) is 5.75 Å². The van der Waals surface area contributed by atoms with Crippen LogP contribution in [0.1, 0.15) is 73.7 Å². The molecule has 1 atom stereocenters. The maximum absolute atomic E-state index is 13.3. The number of carbonyl (C=O) groups excluding carboxylic acids is 6. The molecule has 2 aromatic carbocycles. The number of unbranched alkanes of at least 4 members (excludes halogenated alkanes) is 2. The van der Waals surface area contributed by atoms with Crippen molar-refractivity contribution in [2.75, 3.05) is 36.1 Å². The predicted molar refractivity (Wildman–Crippen MR) is 212 cm³/mol. The molecule has 0 bridgehead atoms. The molecule has 0 spiro atoms. The highest BCUT2D eigenvalue weighted by molar-refractivity contribution is 6.25. The molecule has 7 rings (SSSR count). The van der Waals surface area contributed by atoms with Gasteiger partial charge in [0.15, 0.2) is 23.1 Å². The van der Waals surface area contributed by atoms with Gasteiger partial charge in [-0.05, 0) is 62.1 Å². The number of anilines is 5. The number of para-hydroxylation sites is 1. The lowest BCUT2D eigenvalue weighted by atomic mass is 10.0. The summed E-state index contributed by atoms with van der Waals surface area (Å²) in [5.74, 6) is -1.85. The average Bonchev–Trinajstić information content (AvgIpc) is 3.77. The Labute approximate surface area is 336 Å². The minimum atomic E-state index is -1.04.